The van der Waals surface area contributed by atoms with Crippen molar-refractivity contribution < 1.29 is 13.9 Å². The first-order chi connectivity index (χ1) is 10.0. The van der Waals surface area contributed by atoms with Crippen LogP contribution in [0.2, 0.25) is 0 Å². The van der Waals surface area contributed by atoms with Gasteiger partial charge in [0.25, 0.3) is 5.91 Å². The minimum atomic E-state index is -0.513. The zero-order chi connectivity index (χ0) is 15.4. The van der Waals surface area contributed by atoms with E-state index in [0.29, 0.717) is 12.3 Å². The average molecular weight is 353 g/mol. The lowest BCUT2D eigenvalue weighted by Crippen LogP contribution is -2.15. The molecule has 2 aromatic carbocycles. The van der Waals surface area contributed by atoms with Crippen molar-refractivity contribution in [3.8, 4) is 0 Å². The fraction of sp³-hybridized carbons (Fsp3) is 0.133. The predicted molar refractivity (Wildman–Crippen MR) is 83.6 cm³/mol. The highest BCUT2D eigenvalue weighted by Gasteiger charge is 2.14. The molecule has 4 nitrogen and oxygen atoms in total. The van der Waals surface area contributed by atoms with Gasteiger partial charge in [0.2, 0.25) is 0 Å². The van der Waals surface area contributed by atoms with Gasteiger partial charge in [0.05, 0.1) is 12.2 Å². The van der Waals surface area contributed by atoms with Crippen molar-refractivity contribution in [2.24, 2.45) is 0 Å². The number of carbonyl (C=O) groups excluding carboxylic acids is 1. The number of nitrogens with one attached hydrogen (secondary N) is 1. The molecule has 0 heterocycles. The Bertz CT molecular complexity index is 677. The summed E-state index contributed by atoms with van der Waals surface area (Å²) in [5.41, 5.74) is 7.40. The Labute approximate surface area is 130 Å². The quantitative estimate of drug-likeness (QED) is 0.826. The van der Waals surface area contributed by atoms with Gasteiger partial charge >= 0.3 is 0 Å². The highest BCUT2D eigenvalue weighted by Crippen LogP contribution is 2.26. The number of rotatable bonds is 4. The zero-order valence-electron chi connectivity index (χ0n) is 11.3. The first-order valence-electron chi connectivity index (χ1n) is 6.15. The van der Waals surface area contributed by atoms with Crippen molar-refractivity contribution >= 4 is 33.2 Å². The average Bonchev–Trinajstić information content (AvgIpc) is 2.45. The molecule has 0 aliphatic rings. The van der Waals surface area contributed by atoms with E-state index < -0.39 is 11.7 Å². The molecule has 3 N–H and O–H groups in total. The lowest BCUT2D eigenvalue weighted by Gasteiger charge is -2.13. The van der Waals surface area contributed by atoms with Crippen LogP contribution in [-0.4, -0.2) is 13.0 Å². The van der Waals surface area contributed by atoms with Crippen molar-refractivity contribution in [2.75, 3.05) is 18.2 Å². The summed E-state index contributed by atoms with van der Waals surface area (Å²) in [7, 11) is 1.57. The maximum atomic E-state index is 13.2. The number of carbonyl (C=O) groups is 1. The second-order valence-electron chi connectivity index (χ2n) is 4.38. The van der Waals surface area contributed by atoms with Gasteiger partial charge in [-0.25, -0.2) is 4.39 Å². The topological polar surface area (TPSA) is 64.3 Å². The molecule has 0 spiro atoms. The number of halogens is 2. The zero-order valence-corrected chi connectivity index (χ0v) is 12.9. The van der Waals surface area contributed by atoms with E-state index in [1.54, 1.807) is 19.2 Å². The van der Waals surface area contributed by atoms with E-state index in [0.717, 1.165) is 16.1 Å². The number of methoxy groups -OCH3 is 1. The summed E-state index contributed by atoms with van der Waals surface area (Å²) < 4.78 is 19.2. The number of hydrogen-bond acceptors (Lipinski definition) is 3. The number of benzene rings is 2. The van der Waals surface area contributed by atoms with Gasteiger partial charge in [-0.1, -0.05) is 22.0 Å². The summed E-state index contributed by atoms with van der Waals surface area (Å²) in [6.07, 6.45) is 0. The summed E-state index contributed by atoms with van der Waals surface area (Å²) in [4.78, 5) is 12.2. The van der Waals surface area contributed by atoms with E-state index in [1.165, 1.54) is 12.1 Å². The molecule has 2 aromatic rings. The minimum Gasteiger partial charge on any atom is -0.398 e. The van der Waals surface area contributed by atoms with Crippen molar-refractivity contribution in [1.29, 1.82) is 0 Å². The Balaban J connectivity index is 2.31. The molecule has 110 valence electrons. The molecule has 0 atom stereocenters. The van der Waals surface area contributed by atoms with Crippen LogP contribution in [0.15, 0.2) is 40.9 Å². The molecule has 1 amide bonds. The van der Waals surface area contributed by atoms with Crippen LogP contribution in [0.4, 0.5) is 15.8 Å². The SMILES string of the molecule is COCc1c(Br)cccc1NC(=O)c1cc(F)ccc1N. The third-order valence-electron chi connectivity index (χ3n) is 2.92. The van der Waals surface area contributed by atoms with Crippen LogP contribution in [0.5, 0.6) is 0 Å². The highest BCUT2D eigenvalue weighted by molar-refractivity contribution is 9.10. The van der Waals surface area contributed by atoms with Gasteiger partial charge in [0.15, 0.2) is 0 Å². The Hall–Kier alpha value is -1.92. The first kappa shape index (κ1) is 15.5. The second-order valence-corrected chi connectivity index (χ2v) is 5.24. The molecule has 0 unspecified atom stereocenters. The van der Waals surface area contributed by atoms with Crippen molar-refractivity contribution in [3.05, 3.63) is 57.8 Å². The standard InChI is InChI=1S/C15H14BrFN2O2/c1-21-8-11-12(16)3-2-4-14(11)19-15(20)10-7-9(17)5-6-13(10)18/h2-7H,8,18H2,1H3,(H,19,20). The van der Waals surface area contributed by atoms with E-state index in [4.69, 9.17) is 10.5 Å². The summed E-state index contributed by atoms with van der Waals surface area (Å²) in [5.74, 6) is -0.983. The number of anilines is 2. The Morgan fingerprint density at radius 2 is 2.14 bits per heavy atom. The van der Waals surface area contributed by atoms with Crippen LogP contribution in [0.3, 0.4) is 0 Å². The second kappa shape index (κ2) is 6.69. The number of nitrogen functional groups attached to an aromatic ring is 1. The Kier molecular flexibility index (Phi) is 4.93. The normalized spacial score (nSPS) is 10.4. The minimum absolute atomic E-state index is 0.0957. The van der Waals surface area contributed by atoms with E-state index >= 15 is 0 Å². The molecular weight excluding hydrogens is 339 g/mol. The summed E-state index contributed by atoms with van der Waals surface area (Å²) >= 11 is 3.40. The molecule has 2 rings (SSSR count). The molecule has 0 aliphatic carbocycles. The maximum Gasteiger partial charge on any atom is 0.257 e. The first-order valence-corrected chi connectivity index (χ1v) is 6.95. The molecule has 0 aliphatic heterocycles. The van der Waals surface area contributed by atoms with E-state index in [9.17, 15) is 9.18 Å². The van der Waals surface area contributed by atoms with Crippen molar-refractivity contribution in [3.63, 3.8) is 0 Å². The van der Waals surface area contributed by atoms with E-state index in [1.807, 2.05) is 6.07 Å². The number of ether oxygens (including phenoxy) is 1. The van der Waals surface area contributed by atoms with Gasteiger partial charge in [0, 0.05) is 28.5 Å². The van der Waals surface area contributed by atoms with Crippen LogP contribution in [0.1, 0.15) is 15.9 Å². The highest BCUT2D eigenvalue weighted by atomic mass is 79.9. The molecule has 0 fully saturated rings. The van der Waals surface area contributed by atoms with Gasteiger partial charge in [-0.3, -0.25) is 4.79 Å². The lowest BCUT2D eigenvalue weighted by atomic mass is 10.1. The summed E-state index contributed by atoms with van der Waals surface area (Å²) in [6.45, 7) is 0.329. The predicted octanol–water partition coefficient (Wildman–Crippen LogP) is 3.57. The van der Waals surface area contributed by atoms with Gasteiger partial charge < -0.3 is 15.8 Å². The third kappa shape index (κ3) is 3.59. The lowest BCUT2D eigenvalue weighted by molar-refractivity contribution is 0.102. The monoisotopic (exact) mass is 352 g/mol. The van der Waals surface area contributed by atoms with Crippen LogP contribution in [0, 0.1) is 5.82 Å². The Morgan fingerprint density at radius 1 is 1.38 bits per heavy atom. The van der Waals surface area contributed by atoms with Gasteiger partial charge in [0.1, 0.15) is 5.82 Å². The van der Waals surface area contributed by atoms with Gasteiger partial charge in [-0.15, -0.1) is 0 Å². The molecule has 0 radical (unpaired) electrons. The molecule has 6 heteroatoms. The number of nitrogens with two attached hydrogens (primary N) is 1. The Morgan fingerprint density at radius 3 is 2.86 bits per heavy atom. The molecule has 0 saturated heterocycles. The van der Waals surface area contributed by atoms with Crippen LogP contribution in [-0.2, 0) is 11.3 Å². The molecule has 21 heavy (non-hydrogen) atoms. The van der Waals surface area contributed by atoms with Gasteiger partial charge in [-0.05, 0) is 30.3 Å². The molecule has 0 aromatic heterocycles. The van der Waals surface area contributed by atoms with Gasteiger partial charge in [-0.2, -0.15) is 0 Å². The maximum absolute atomic E-state index is 13.2. The van der Waals surface area contributed by atoms with Crippen LogP contribution >= 0.6 is 15.9 Å². The van der Waals surface area contributed by atoms with E-state index in [-0.39, 0.29) is 11.3 Å². The molecule has 0 saturated carbocycles. The number of amides is 1. The largest absolute Gasteiger partial charge is 0.398 e. The van der Waals surface area contributed by atoms with Crippen molar-refractivity contribution in [2.45, 2.75) is 6.61 Å². The van der Waals surface area contributed by atoms with E-state index in [2.05, 4.69) is 21.2 Å². The third-order valence-corrected chi connectivity index (χ3v) is 3.66. The fourth-order valence-corrected chi connectivity index (χ4v) is 2.36. The smallest absolute Gasteiger partial charge is 0.257 e. The van der Waals surface area contributed by atoms with Crippen LogP contribution in [0.25, 0.3) is 0 Å². The molecular formula is C15H14BrFN2O2. The molecule has 0 bridgehead atoms. The number of hydrogen-bond donors (Lipinski definition) is 2. The van der Waals surface area contributed by atoms with Crippen LogP contribution < -0.4 is 11.1 Å². The fourth-order valence-electron chi connectivity index (χ4n) is 1.88. The summed E-state index contributed by atoms with van der Waals surface area (Å²) in [6, 6.07) is 9.06. The van der Waals surface area contributed by atoms with Crippen molar-refractivity contribution in [1.82, 2.24) is 0 Å². The summed E-state index contributed by atoms with van der Waals surface area (Å²) in [5, 5.41) is 2.72.